The monoisotopic (exact) mass is 894 g/mol. The second-order valence-electron chi connectivity index (χ2n) is 10.7. The zero-order chi connectivity index (χ0) is 41.4. The lowest BCUT2D eigenvalue weighted by Gasteiger charge is -2.02. The molecule has 0 spiro atoms. The van der Waals surface area contributed by atoms with Crippen LogP contribution in [0.3, 0.4) is 0 Å². The Morgan fingerprint density at radius 1 is 0.719 bits per heavy atom. The van der Waals surface area contributed by atoms with Crippen molar-refractivity contribution in [2.45, 2.75) is 34.6 Å². The highest BCUT2D eigenvalue weighted by Crippen LogP contribution is 2.25. The number of ketones is 1. The molecule has 2 aromatic heterocycles. The van der Waals surface area contributed by atoms with Crippen molar-refractivity contribution < 1.29 is 41.8 Å². The SMILES string of the molecule is C.CC(=O)c1cc2cc(F)c(Cl)cc2[nH]1.CC/C(C)=N\Nc1ccc(F)c(Cl)c1.Cl.NNc1ccc(F)c(Cl)c1.O=C(O)c1cc2cc(F)c(Cl)cc2[nH]1.O=C=O. The smallest absolute Gasteiger partial charge is 0.373 e. The van der Waals surface area contributed by atoms with Gasteiger partial charge in [-0.05, 0) is 86.1 Å². The third kappa shape index (κ3) is 16.5. The van der Waals surface area contributed by atoms with Crippen LogP contribution in [0.2, 0.25) is 20.1 Å². The number of nitrogens with two attached hydrogens (primary N) is 1. The van der Waals surface area contributed by atoms with Gasteiger partial charge in [0.05, 0.1) is 37.2 Å². The van der Waals surface area contributed by atoms with E-state index in [2.05, 4.69) is 25.9 Å². The zero-order valence-corrected chi connectivity index (χ0v) is 33.0. The molecule has 306 valence electrons. The number of aromatic carboxylic acids is 1. The van der Waals surface area contributed by atoms with Gasteiger partial charge in [0.25, 0.3) is 0 Å². The number of nitrogens with one attached hydrogen (secondary N) is 4. The van der Waals surface area contributed by atoms with E-state index < -0.39 is 29.2 Å². The van der Waals surface area contributed by atoms with Crippen molar-refractivity contribution in [1.82, 2.24) is 9.97 Å². The van der Waals surface area contributed by atoms with Crippen molar-refractivity contribution in [3.8, 4) is 0 Å². The fraction of sp³-hybridized carbons (Fsp3) is 0.135. The number of hydrogen-bond acceptors (Lipinski definition) is 8. The molecule has 11 nitrogen and oxygen atoms in total. The van der Waals surface area contributed by atoms with E-state index in [1.54, 1.807) is 12.1 Å². The van der Waals surface area contributed by atoms with Crippen LogP contribution in [-0.2, 0) is 9.59 Å². The van der Waals surface area contributed by atoms with E-state index in [-0.39, 0.29) is 57.6 Å². The van der Waals surface area contributed by atoms with E-state index in [1.165, 1.54) is 67.6 Å². The number of benzene rings is 4. The van der Waals surface area contributed by atoms with Crippen LogP contribution in [0, 0.1) is 23.3 Å². The lowest BCUT2D eigenvalue weighted by molar-refractivity contribution is -0.191. The van der Waals surface area contributed by atoms with Gasteiger partial charge in [-0.15, -0.1) is 12.4 Å². The number of nitrogen functional groups attached to an aromatic ring is 1. The van der Waals surface area contributed by atoms with E-state index in [1.807, 2.05) is 13.8 Å². The standard InChI is InChI=1S/C10H12ClFN2.C10H7ClFNO.C9H5ClFNO2.C6H6ClFN2.CO2.CH4.ClH/c1-3-7(2)13-14-8-4-5-10(12)9(11)6-8;1-5(14)9-3-6-2-8(12)7(11)4-10(6)13-9;10-5-3-7-4(1-6(5)11)2-8(12-7)9(13)14;7-5-3-4(10-9)1-2-6(5)8;2-1-3;;/h4-6,14H,3H2,1-2H3;2-4,13H,1H3;1-3,12H,(H,13,14);1-3,10H,9H2;;1H4;1H/b13-7-;;;;;;. The van der Waals surface area contributed by atoms with E-state index in [9.17, 15) is 27.2 Å². The number of hydrazone groups is 1. The van der Waals surface area contributed by atoms with Gasteiger partial charge in [-0.25, -0.2) is 22.4 Å². The minimum absolute atomic E-state index is 0. The third-order valence-electron chi connectivity index (χ3n) is 6.83. The van der Waals surface area contributed by atoms with Gasteiger partial charge < -0.3 is 20.5 Å². The maximum absolute atomic E-state index is 13.0. The number of carboxylic acid groups (broad SMARTS) is 1. The van der Waals surface area contributed by atoms with Gasteiger partial charge in [0.1, 0.15) is 29.0 Å². The van der Waals surface area contributed by atoms with Crippen LogP contribution in [-0.4, -0.2) is 38.7 Å². The number of hydrazine groups is 1. The van der Waals surface area contributed by atoms with Gasteiger partial charge in [0.2, 0.25) is 0 Å². The molecule has 0 saturated heterocycles. The van der Waals surface area contributed by atoms with Crippen molar-refractivity contribution in [2.24, 2.45) is 10.9 Å². The molecule has 6 aromatic rings. The number of Topliss-reactive ketones (excluding diaryl/α,β-unsaturated/α-hetero) is 1. The zero-order valence-electron chi connectivity index (χ0n) is 29.2. The molecule has 7 N–H and O–H groups in total. The van der Waals surface area contributed by atoms with Crippen LogP contribution < -0.4 is 16.7 Å². The number of nitrogens with zero attached hydrogens (tertiary/aromatic N) is 1. The van der Waals surface area contributed by atoms with Crippen molar-refractivity contribution >= 4 is 116 Å². The van der Waals surface area contributed by atoms with Crippen molar-refractivity contribution in [1.29, 1.82) is 0 Å². The molecular formula is C37H35Cl5F4N6O5. The highest BCUT2D eigenvalue weighted by molar-refractivity contribution is 6.32. The topological polar surface area (TPSA) is 183 Å². The molecule has 4 aromatic carbocycles. The van der Waals surface area contributed by atoms with Crippen LogP contribution in [0.1, 0.15) is 55.6 Å². The summed E-state index contributed by atoms with van der Waals surface area (Å²) in [5.41, 5.74) is 9.05. The highest BCUT2D eigenvalue weighted by atomic mass is 35.5. The maximum atomic E-state index is 13.0. The normalized spacial score (nSPS) is 9.93. The number of carbonyl (C=O) groups excluding carboxylic acids is 3. The minimum atomic E-state index is -1.09. The van der Waals surface area contributed by atoms with Crippen LogP contribution in [0.15, 0.2) is 77.9 Å². The van der Waals surface area contributed by atoms with Crippen LogP contribution >= 0.6 is 58.8 Å². The first-order valence-electron chi connectivity index (χ1n) is 15.3. The number of aromatic amines is 2. The van der Waals surface area contributed by atoms with Crippen LogP contribution in [0.4, 0.5) is 28.9 Å². The van der Waals surface area contributed by atoms with Gasteiger partial charge in [-0.3, -0.25) is 16.1 Å². The fourth-order valence-electron chi connectivity index (χ4n) is 3.95. The Morgan fingerprint density at radius 2 is 1.12 bits per heavy atom. The minimum Gasteiger partial charge on any atom is -0.477 e. The summed E-state index contributed by atoms with van der Waals surface area (Å²) in [6, 6.07) is 16.9. The molecule has 0 unspecified atom stereocenters. The Bertz CT molecular complexity index is 2180. The first kappa shape index (κ1) is 51.9. The highest BCUT2D eigenvalue weighted by Gasteiger charge is 2.10. The van der Waals surface area contributed by atoms with Crippen LogP contribution in [0.5, 0.6) is 0 Å². The van der Waals surface area contributed by atoms with Gasteiger partial charge in [-0.1, -0.05) is 60.8 Å². The average molecular weight is 897 g/mol. The summed E-state index contributed by atoms with van der Waals surface area (Å²) in [5.74, 6) is 1.96. The predicted molar refractivity (Wildman–Crippen MR) is 220 cm³/mol. The number of H-pyrrole nitrogens is 2. The number of fused-ring (bicyclic) bond motifs is 2. The van der Waals surface area contributed by atoms with Crippen molar-refractivity contribution in [3.63, 3.8) is 0 Å². The lowest BCUT2D eigenvalue weighted by Crippen LogP contribution is -2.06. The Morgan fingerprint density at radius 3 is 1.53 bits per heavy atom. The molecule has 0 bridgehead atoms. The number of aromatic nitrogens is 2. The van der Waals surface area contributed by atoms with Gasteiger partial charge in [0.15, 0.2) is 5.78 Å². The van der Waals surface area contributed by atoms with Gasteiger partial charge >= 0.3 is 12.1 Å². The third-order valence-corrected chi connectivity index (χ3v) is 7.98. The lowest BCUT2D eigenvalue weighted by atomic mass is 10.2. The number of carboxylic acids is 1. The van der Waals surface area contributed by atoms with E-state index in [4.69, 9.17) is 66.9 Å². The molecule has 2 heterocycles. The molecule has 0 radical (unpaired) electrons. The maximum Gasteiger partial charge on any atom is 0.373 e. The summed E-state index contributed by atoms with van der Waals surface area (Å²) >= 11 is 22.2. The van der Waals surface area contributed by atoms with Crippen LogP contribution in [0.25, 0.3) is 21.8 Å². The number of anilines is 2. The Balaban J connectivity index is 0.000000713. The summed E-state index contributed by atoms with van der Waals surface area (Å²) in [4.78, 5) is 43.3. The molecule has 0 aliphatic heterocycles. The largest absolute Gasteiger partial charge is 0.477 e. The second-order valence-corrected chi connectivity index (χ2v) is 12.4. The fourth-order valence-corrected chi connectivity index (χ4v) is 4.64. The number of rotatable bonds is 6. The first-order valence-corrected chi connectivity index (χ1v) is 16.8. The Kier molecular flexibility index (Phi) is 22.9. The summed E-state index contributed by atoms with van der Waals surface area (Å²) in [7, 11) is 0. The average Bonchev–Trinajstić information content (AvgIpc) is 3.75. The quantitative estimate of drug-likeness (QED) is 0.0314. The number of carbonyl (C=O) groups is 2. The molecule has 0 fully saturated rings. The summed E-state index contributed by atoms with van der Waals surface area (Å²) in [6.07, 6.45) is 1.13. The Labute approximate surface area is 349 Å². The predicted octanol–water partition coefficient (Wildman–Crippen LogP) is 11.7. The van der Waals surface area contributed by atoms with E-state index in [0.29, 0.717) is 38.9 Å². The molecule has 57 heavy (non-hydrogen) atoms. The second kappa shape index (κ2) is 25.2. The molecule has 6 rings (SSSR count). The molecule has 0 aliphatic rings. The summed E-state index contributed by atoms with van der Waals surface area (Å²) in [6.45, 7) is 5.37. The molecule has 0 atom stereocenters. The van der Waals surface area contributed by atoms with E-state index >= 15 is 0 Å². The number of hydrogen-bond donors (Lipinski definition) is 6. The summed E-state index contributed by atoms with van der Waals surface area (Å²) < 4.78 is 51.2. The van der Waals surface area contributed by atoms with Crippen molar-refractivity contribution in [2.75, 3.05) is 10.9 Å². The van der Waals surface area contributed by atoms with Crippen molar-refractivity contribution in [3.05, 3.63) is 128 Å². The first-order chi connectivity index (χ1) is 25.9. The Hall–Kier alpha value is -5.12. The molecular weight excluding hydrogens is 862 g/mol. The van der Waals surface area contributed by atoms with Gasteiger partial charge in [-0.2, -0.15) is 14.7 Å². The number of halogens is 9. The molecule has 20 heteroatoms. The van der Waals surface area contributed by atoms with E-state index in [0.717, 1.165) is 12.1 Å². The molecule has 0 aliphatic carbocycles. The molecule has 0 amide bonds. The van der Waals surface area contributed by atoms with Gasteiger partial charge in [0, 0.05) is 34.4 Å². The molecule has 0 saturated carbocycles. The summed E-state index contributed by atoms with van der Waals surface area (Å²) in [5, 5.41) is 14.1.